The van der Waals surface area contributed by atoms with E-state index in [4.69, 9.17) is 5.73 Å². The molecule has 1 rings (SSSR count). The van der Waals surface area contributed by atoms with Crippen LogP contribution in [0, 0.1) is 23.2 Å². The van der Waals surface area contributed by atoms with Crippen molar-refractivity contribution in [3.05, 3.63) is 0 Å². The Kier molecular flexibility index (Phi) is 5.25. The first-order chi connectivity index (χ1) is 8.16. The molecule has 0 radical (unpaired) electrons. The van der Waals surface area contributed by atoms with Crippen LogP contribution in [0.25, 0.3) is 0 Å². The van der Waals surface area contributed by atoms with E-state index in [2.05, 4.69) is 34.6 Å². The number of aliphatic hydroxyl groups is 1. The van der Waals surface area contributed by atoms with E-state index in [9.17, 15) is 5.11 Å². The molecule has 0 spiro atoms. The van der Waals surface area contributed by atoms with Crippen LogP contribution in [0.5, 0.6) is 0 Å². The van der Waals surface area contributed by atoms with Crippen molar-refractivity contribution in [1.82, 2.24) is 0 Å². The monoisotopic (exact) mass is 255 g/mol. The van der Waals surface area contributed by atoms with Crippen molar-refractivity contribution in [2.45, 2.75) is 72.3 Å². The summed E-state index contributed by atoms with van der Waals surface area (Å²) in [5.74, 6) is 2.02. The fraction of sp³-hybridized carbons (Fsp3) is 1.00. The van der Waals surface area contributed by atoms with Crippen molar-refractivity contribution in [2.75, 3.05) is 6.61 Å². The largest absolute Gasteiger partial charge is 0.396 e. The van der Waals surface area contributed by atoms with E-state index < -0.39 is 0 Å². The molecule has 0 aliphatic heterocycles. The quantitative estimate of drug-likeness (QED) is 0.806. The minimum Gasteiger partial charge on any atom is -0.396 e. The third-order valence-corrected chi connectivity index (χ3v) is 4.96. The van der Waals surface area contributed by atoms with E-state index in [0.717, 1.165) is 12.3 Å². The molecule has 108 valence electrons. The van der Waals surface area contributed by atoms with E-state index in [1.165, 1.54) is 25.7 Å². The summed E-state index contributed by atoms with van der Waals surface area (Å²) < 4.78 is 0. The number of hydrogen-bond donors (Lipinski definition) is 2. The molecular formula is C16H33NO. The Hall–Kier alpha value is -0.0800. The van der Waals surface area contributed by atoms with Crippen molar-refractivity contribution in [1.29, 1.82) is 0 Å². The van der Waals surface area contributed by atoms with Crippen molar-refractivity contribution in [2.24, 2.45) is 28.9 Å². The number of nitrogens with two attached hydrogens (primary N) is 1. The summed E-state index contributed by atoms with van der Waals surface area (Å²) in [6.45, 7) is 11.6. The average molecular weight is 255 g/mol. The minimum absolute atomic E-state index is 0.165. The maximum atomic E-state index is 9.26. The molecule has 0 amide bonds. The van der Waals surface area contributed by atoms with Gasteiger partial charge in [-0.05, 0) is 69.1 Å². The Bertz CT molecular complexity index is 241. The Balaban J connectivity index is 2.60. The fourth-order valence-electron chi connectivity index (χ4n) is 3.74. The molecule has 0 aromatic rings. The second-order valence-electron chi connectivity index (χ2n) is 7.92. The van der Waals surface area contributed by atoms with Crippen LogP contribution in [0.3, 0.4) is 0 Å². The first kappa shape index (κ1) is 16.0. The van der Waals surface area contributed by atoms with Crippen LogP contribution in [-0.2, 0) is 0 Å². The molecule has 3 N–H and O–H groups in total. The first-order valence-electron chi connectivity index (χ1n) is 7.56. The zero-order chi connectivity index (χ0) is 14.0. The van der Waals surface area contributed by atoms with Crippen LogP contribution in [0.15, 0.2) is 0 Å². The SMILES string of the molecule is CC(C)(C)C1CCC(C(CCO)C(C)(C)N)CC1. The molecule has 0 aromatic carbocycles. The lowest BCUT2D eigenvalue weighted by molar-refractivity contribution is 0.0834. The Morgan fingerprint density at radius 1 is 1.06 bits per heavy atom. The van der Waals surface area contributed by atoms with E-state index >= 15 is 0 Å². The van der Waals surface area contributed by atoms with Gasteiger partial charge in [-0.3, -0.25) is 0 Å². The summed E-state index contributed by atoms with van der Waals surface area (Å²) in [5.41, 5.74) is 6.58. The standard InChI is InChI=1S/C16H33NO/c1-15(2,3)13-8-6-12(7-9-13)14(10-11-18)16(4,5)17/h12-14,18H,6-11,17H2,1-5H3. The molecule has 1 fully saturated rings. The van der Waals surface area contributed by atoms with Gasteiger partial charge in [0.25, 0.3) is 0 Å². The van der Waals surface area contributed by atoms with Crippen molar-refractivity contribution < 1.29 is 5.11 Å². The maximum Gasteiger partial charge on any atom is 0.0434 e. The second kappa shape index (κ2) is 5.92. The molecule has 0 bridgehead atoms. The number of aliphatic hydroxyl groups excluding tert-OH is 1. The summed E-state index contributed by atoms with van der Waals surface area (Å²) in [6, 6.07) is 0. The van der Waals surface area contributed by atoms with Crippen LogP contribution < -0.4 is 5.73 Å². The predicted octanol–water partition coefficient (Wildman–Crippen LogP) is 3.57. The molecule has 1 aliphatic carbocycles. The molecule has 0 heterocycles. The highest BCUT2D eigenvalue weighted by Gasteiger charge is 2.37. The van der Waals surface area contributed by atoms with Gasteiger partial charge in [-0.2, -0.15) is 0 Å². The molecule has 0 saturated heterocycles. The summed E-state index contributed by atoms with van der Waals surface area (Å²) >= 11 is 0. The van der Waals surface area contributed by atoms with Gasteiger partial charge in [0.15, 0.2) is 0 Å². The predicted molar refractivity (Wildman–Crippen MR) is 78.4 cm³/mol. The highest BCUT2D eigenvalue weighted by Crippen LogP contribution is 2.44. The highest BCUT2D eigenvalue weighted by atomic mass is 16.3. The van der Waals surface area contributed by atoms with Crippen molar-refractivity contribution in [3.63, 3.8) is 0 Å². The third-order valence-electron chi connectivity index (χ3n) is 4.96. The summed E-state index contributed by atoms with van der Waals surface area (Å²) in [7, 11) is 0. The Labute approximate surface area is 113 Å². The van der Waals surface area contributed by atoms with E-state index in [1.54, 1.807) is 0 Å². The Morgan fingerprint density at radius 3 is 1.89 bits per heavy atom. The van der Waals surface area contributed by atoms with Crippen LogP contribution >= 0.6 is 0 Å². The molecule has 1 atom stereocenters. The average Bonchev–Trinajstić information content (AvgIpc) is 2.23. The summed E-state index contributed by atoms with van der Waals surface area (Å²) in [5, 5.41) is 9.26. The molecule has 1 saturated carbocycles. The van der Waals surface area contributed by atoms with Crippen molar-refractivity contribution >= 4 is 0 Å². The molecule has 1 aliphatic rings. The van der Waals surface area contributed by atoms with Crippen LogP contribution in [0.4, 0.5) is 0 Å². The van der Waals surface area contributed by atoms with Gasteiger partial charge in [-0.25, -0.2) is 0 Å². The number of hydrogen-bond acceptors (Lipinski definition) is 2. The normalized spacial score (nSPS) is 28.2. The summed E-state index contributed by atoms with van der Waals surface area (Å²) in [6.07, 6.45) is 6.08. The highest BCUT2D eigenvalue weighted by molar-refractivity contribution is 4.90. The molecule has 1 unspecified atom stereocenters. The number of rotatable bonds is 4. The molecular weight excluding hydrogens is 222 g/mol. The minimum atomic E-state index is -0.165. The van der Waals surface area contributed by atoms with Crippen LogP contribution in [-0.4, -0.2) is 17.3 Å². The lowest BCUT2D eigenvalue weighted by Gasteiger charge is -2.43. The fourth-order valence-corrected chi connectivity index (χ4v) is 3.74. The lowest BCUT2D eigenvalue weighted by atomic mass is 9.64. The second-order valence-corrected chi connectivity index (χ2v) is 7.92. The zero-order valence-electron chi connectivity index (χ0n) is 13.0. The van der Waals surface area contributed by atoms with E-state index in [0.29, 0.717) is 17.3 Å². The lowest BCUT2D eigenvalue weighted by Crippen LogP contribution is -2.46. The molecule has 2 nitrogen and oxygen atoms in total. The van der Waals surface area contributed by atoms with Crippen LogP contribution in [0.1, 0.15) is 66.7 Å². The van der Waals surface area contributed by atoms with E-state index in [-0.39, 0.29) is 12.1 Å². The Morgan fingerprint density at radius 2 is 1.56 bits per heavy atom. The third kappa shape index (κ3) is 4.24. The summed E-state index contributed by atoms with van der Waals surface area (Å²) in [4.78, 5) is 0. The van der Waals surface area contributed by atoms with E-state index in [1.807, 2.05) is 0 Å². The van der Waals surface area contributed by atoms with Gasteiger partial charge in [0, 0.05) is 12.1 Å². The topological polar surface area (TPSA) is 46.2 Å². The van der Waals surface area contributed by atoms with Crippen LogP contribution in [0.2, 0.25) is 0 Å². The van der Waals surface area contributed by atoms with Gasteiger partial charge in [-0.15, -0.1) is 0 Å². The smallest absolute Gasteiger partial charge is 0.0434 e. The molecule has 2 heteroatoms. The van der Waals surface area contributed by atoms with Crippen molar-refractivity contribution in [3.8, 4) is 0 Å². The zero-order valence-corrected chi connectivity index (χ0v) is 13.0. The molecule has 0 aromatic heterocycles. The van der Waals surface area contributed by atoms with Gasteiger partial charge in [0.05, 0.1) is 0 Å². The van der Waals surface area contributed by atoms with Gasteiger partial charge < -0.3 is 10.8 Å². The van der Waals surface area contributed by atoms with Gasteiger partial charge in [0.2, 0.25) is 0 Å². The molecule has 18 heavy (non-hydrogen) atoms. The van der Waals surface area contributed by atoms with Gasteiger partial charge in [0.1, 0.15) is 0 Å². The first-order valence-corrected chi connectivity index (χ1v) is 7.56. The van der Waals surface area contributed by atoms with Gasteiger partial charge in [-0.1, -0.05) is 20.8 Å². The maximum absolute atomic E-state index is 9.26. The van der Waals surface area contributed by atoms with Gasteiger partial charge >= 0.3 is 0 Å².